The van der Waals surface area contributed by atoms with Gasteiger partial charge in [0.15, 0.2) is 6.61 Å². The fraction of sp³-hybridized carbons (Fsp3) is 0.474. The topological polar surface area (TPSA) is 97.4 Å². The maximum absolute atomic E-state index is 12.1. The van der Waals surface area contributed by atoms with Gasteiger partial charge in [-0.3, -0.25) is 4.79 Å². The number of esters is 1. The van der Waals surface area contributed by atoms with Crippen LogP contribution in [0.25, 0.3) is 0 Å². The van der Waals surface area contributed by atoms with Gasteiger partial charge in [-0.2, -0.15) is 10.5 Å². The van der Waals surface area contributed by atoms with Crippen molar-refractivity contribution in [3.05, 3.63) is 29.8 Å². The fourth-order valence-corrected chi connectivity index (χ4v) is 2.43. The Morgan fingerprint density at radius 2 is 1.54 bits per heavy atom. The second-order valence-electron chi connectivity index (χ2n) is 5.49. The molecule has 0 saturated carbocycles. The summed E-state index contributed by atoms with van der Waals surface area (Å²) in [6.07, 6.45) is 0.329. The van der Waals surface area contributed by atoms with Crippen molar-refractivity contribution in [3.8, 4) is 12.1 Å². The number of carbonyl (C=O) groups is 2. The number of amides is 1. The summed E-state index contributed by atoms with van der Waals surface area (Å²) in [6, 6.07) is 10.9. The second-order valence-corrected chi connectivity index (χ2v) is 5.49. The molecule has 0 bridgehead atoms. The zero-order chi connectivity index (χ0) is 19.4. The number of anilines is 1. The number of benzene rings is 1. The highest BCUT2D eigenvalue weighted by atomic mass is 16.5. The van der Waals surface area contributed by atoms with E-state index >= 15 is 0 Å². The van der Waals surface area contributed by atoms with E-state index in [0.717, 1.165) is 18.8 Å². The van der Waals surface area contributed by atoms with E-state index in [-0.39, 0.29) is 25.9 Å². The summed E-state index contributed by atoms with van der Waals surface area (Å²) in [5, 5.41) is 17.3. The molecule has 0 aliphatic carbocycles. The molecule has 0 saturated heterocycles. The first-order chi connectivity index (χ1) is 12.6. The third-order valence-electron chi connectivity index (χ3n) is 3.90. The molecule has 0 atom stereocenters. The molecule has 0 aromatic heterocycles. The van der Waals surface area contributed by atoms with Crippen molar-refractivity contribution in [3.63, 3.8) is 0 Å². The van der Waals surface area contributed by atoms with Gasteiger partial charge in [-0.05, 0) is 38.1 Å². The SMILES string of the molecule is CCN(CC)c1ccc(C(=O)OCC(=O)N(CCC#N)CCC#N)cc1. The Labute approximate surface area is 154 Å². The van der Waals surface area contributed by atoms with E-state index < -0.39 is 18.5 Å². The van der Waals surface area contributed by atoms with Gasteiger partial charge in [-0.25, -0.2) is 4.79 Å². The number of ether oxygens (including phenoxy) is 1. The predicted molar refractivity (Wildman–Crippen MR) is 97.3 cm³/mol. The molecule has 0 aliphatic rings. The predicted octanol–water partition coefficient (Wildman–Crippen LogP) is 2.35. The van der Waals surface area contributed by atoms with Gasteiger partial charge >= 0.3 is 5.97 Å². The minimum Gasteiger partial charge on any atom is -0.452 e. The molecule has 1 rings (SSSR count). The van der Waals surface area contributed by atoms with Crippen LogP contribution in [0.3, 0.4) is 0 Å². The van der Waals surface area contributed by atoms with Crippen LogP contribution < -0.4 is 4.90 Å². The molecule has 7 heteroatoms. The van der Waals surface area contributed by atoms with Crippen molar-refractivity contribution in [2.45, 2.75) is 26.7 Å². The molecule has 0 heterocycles. The van der Waals surface area contributed by atoms with E-state index in [1.165, 1.54) is 4.90 Å². The maximum atomic E-state index is 12.1. The first-order valence-electron chi connectivity index (χ1n) is 8.61. The largest absolute Gasteiger partial charge is 0.452 e. The molecule has 0 spiro atoms. The first kappa shape index (κ1) is 21.0. The van der Waals surface area contributed by atoms with Crippen LogP contribution in [0.1, 0.15) is 37.0 Å². The molecule has 138 valence electrons. The standard InChI is InChI=1S/C19H24N4O3/c1-3-22(4-2)17-9-7-16(8-10-17)19(25)26-15-18(24)23(13-5-11-20)14-6-12-21/h7-10H,3-6,13-15H2,1-2H3. The molecule has 0 fully saturated rings. The Morgan fingerprint density at radius 3 is 2.00 bits per heavy atom. The van der Waals surface area contributed by atoms with Gasteiger partial charge in [0.2, 0.25) is 0 Å². The Hall–Kier alpha value is -3.06. The van der Waals surface area contributed by atoms with Crippen LogP contribution in [-0.4, -0.2) is 49.6 Å². The quantitative estimate of drug-likeness (QED) is 0.597. The molecule has 0 aliphatic heterocycles. The van der Waals surface area contributed by atoms with E-state index in [2.05, 4.69) is 18.7 Å². The van der Waals surface area contributed by atoms with E-state index in [1.54, 1.807) is 12.1 Å². The summed E-state index contributed by atoms with van der Waals surface area (Å²) in [5.74, 6) is -0.992. The van der Waals surface area contributed by atoms with Crippen molar-refractivity contribution < 1.29 is 14.3 Å². The molecule has 1 aromatic rings. The van der Waals surface area contributed by atoms with Gasteiger partial charge in [0.25, 0.3) is 5.91 Å². The normalized spacial score (nSPS) is 9.69. The number of carbonyl (C=O) groups excluding carboxylic acids is 2. The van der Waals surface area contributed by atoms with E-state index in [4.69, 9.17) is 15.3 Å². The van der Waals surface area contributed by atoms with Gasteiger partial charge in [0, 0.05) is 31.9 Å². The van der Waals surface area contributed by atoms with Gasteiger partial charge in [0.05, 0.1) is 30.5 Å². The molecule has 26 heavy (non-hydrogen) atoms. The molecular formula is C19H24N4O3. The van der Waals surface area contributed by atoms with Crippen LogP contribution in [0.15, 0.2) is 24.3 Å². The fourth-order valence-electron chi connectivity index (χ4n) is 2.43. The molecule has 0 N–H and O–H groups in total. The third-order valence-corrected chi connectivity index (χ3v) is 3.90. The first-order valence-corrected chi connectivity index (χ1v) is 8.61. The summed E-state index contributed by atoms with van der Waals surface area (Å²) in [5.41, 5.74) is 1.39. The van der Waals surface area contributed by atoms with Crippen molar-refractivity contribution in [1.82, 2.24) is 4.90 Å². The van der Waals surface area contributed by atoms with Gasteiger partial charge in [-0.1, -0.05) is 0 Å². The van der Waals surface area contributed by atoms with Crippen molar-refractivity contribution in [1.29, 1.82) is 10.5 Å². The number of hydrogen-bond donors (Lipinski definition) is 0. The third kappa shape index (κ3) is 6.45. The molecule has 0 unspecified atom stereocenters. The Kier molecular flexibility index (Phi) is 9.27. The maximum Gasteiger partial charge on any atom is 0.338 e. The monoisotopic (exact) mass is 356 g/mol. The van der Waals surface area contributed by atoms with Crippen LogP contribution in [0.5, 0.6) is 0 Å². The average Bonchev–Trinajstić information content (AvgIpc) is 2.67. The van der Waals surface area contributed by atoms with Crippen LogP contribution in [0.2, 0.25) is 0 Å². The lowest BCUT2D eigenvalue weighted by atomic mass is 10.2. The van der Waals surface area contributed by atoms with Crippen molar-refractivity contribution in [2.75, 3.05) is 37.7 Å². The van der Waals surface area contributed by atoms with E-state index in [0.29, 0.717) is 5.56 Å². The summed E-state index contributed by atoms with van der Waals surface area (Å²) in [7, 11) is 0. The summed E-state index contributed by atoms with van der Waals surface area (Å²) in [4.78, 5) is 27.8. The van der Waals surface area contributed by atoms with Gasteiger partial charge in [0.1, 0.15) is 0 Å². The highest BCUT2D eigenvalue weighted by Gasteiger charge is 2.16. The summed E-state index contributed by atoms with van der Waals surface area (Å²) < 4.78 is 5.07. The molecule has 0 radical (unpaired) electrons. The number of hydrogen-bond acceptors (Lipinski definition) is 6. The Balaban J connectivity index is 2.62. The van der Waals surface area contributed by atoms with Crippen molar-refractivity contribution in [2.24, 2.45) is 0 Å². The number of nitriles is 2. The second kappa shape index (κ2) is 11.5. The van der Waals surface area contributed by atoms with Crippen LogP contribution in [0.4, 0.5) is 5.69 Å². The molecule has 7 nitrogen and oxygen atoms in total. The van der Waals surface area contributed by atoms with E-state index in [1.807, 2.05) is 24.3 Å². The minimum atomic E-state index is -0.579. The zero-order valence-electron chi connectivity index (χ0n) is 15.3. The lowest BCUT2D eigenvalue weighted by Gasteiger charge is -2.21. The summed E-state index contributed by atoms with van der Waals surface area (Å²) in [6.45, 7) is 5.88. The Morgan fingerprint density at radius 1 is 1.00 bits per heavy atom. The molecule has 1 aromatic carbocycles. The van der Waals surface area contributed by atoms with Crippen LogP contribution in [-0.2, 0) is 9.53 Å². The average molecular weight is 356 g/mol. The minimum absolute atomic E-state index is 0.165. The highest BCUT2D eigenvalue weighted by molar-refractivity contribution is 5.91. The molecular weight excluding hydrogens is 332 g/mol. The Bertz CT molecular complexity index is 652. The van der Waals surface area contributed by atoms with Crippen LogP contribution >= 0.6 is 0 Å². The van der Waals surface area contributed by atoms with Crippen molar-refractivity contribution >= 4 is 17.6 Å². The number of rotatable bonds is 10. The van der Waals surface area contributed by atoms with Gasteiger partial charge < -0.3 is 14.5 Å². The number of nitrogens with zero attached hydrogens (tertiary/aromatic N) is 4. The lowest BCUT2D eigenvalue weighted by Crippen LogP contribution is -2.36. The highest BCUT2D eigenvalue weighted by Crippen LogP contribution is 2.15. The van der Waals surface area contributed by atoms with Crippen LogP contribution in [0, 0.1) is 22.7 Å². The van der Waals surface area contributed by atoms with Gasteiger partial charge in [-0.15, -0.1) is 0 Å². The lowest BCUT2D eigenvalue weighted by molar-refractivity contribution is -0.134. The molecule has 1 amide bonds. The smallest absolute Gasteiger partial charge is 0.338 e. The summed E-state index contributed by atoms with van der Waals surface area (Å²) >= 11 is 0. The zero-order valence-corrected chi connectivity index (χ0v) is 15.3. The van der Waals surface area contributed by atoms with E-state index in [9.17, 15) is 9.59 Å².